The average molecular weight is 255 g/mol. The Bertz CT molecular complexity index is 527. The van der Waals surface area contributed by atoms with Crippen LogP contribution in [0.4, 0.5) is 5.69 Å². The van der Waals surface area contributed by atoms with Gasteiger partial charge in [-0.05, 0) is 6.07 Å². The summed E-state index contributed by atoms with van der Waals surface area (Å²) in [5.41, 5.74) is 6.34. The molecule has 1 amide bonds. The van der Waals surface area contributed by atoms with Gasteiger partial charge in [0.05, 0.1) is 29.0 Å². The number of hydrogen-bond acceptors (Lipinski definition) is 5. The normalized spacial score (nSPS) is 18.9. The number of anilines is 1. The van der Waals surface area contributed by atoms with Gasteiger partial charge >= 0.3 is 0 Å². The fourth-order valence-electron chi connectivity index (χ4n) is 1.69. The molecule has 2 heterocycles. The van der Waals surface area contributed by atoms with Crippen molar-refractivity contribution >= 4 is 21.4 Å². The van der Waals surface area contributed by atoms with E-state index in [4.69, 9.17) is 5.73 Å². The quantitative estimate of drug-likeness (QED) is 0.732. The summed E-state index contributed by atoms with van der Waals surface area (Å²) in [6.07, 6.45) is 2.90. The van der Waals surface area contributed by atoms with Gasteiger partial charge in [0.2, 0.25) is 0 Å². The maximum Gasteiger partial charge on any atom is 0.256 e. The van der Waals surface area contributed by atoms with Gasteiger partial charge in [-0.25, -0.2) is 8.42 Å². The first-order valence-electron chi connectivity index (χ1n) is 5.19. The summed E-state index contributed by atoms with van der Waals surface area (Å²) in [5.74, 6) is -0.201. The van der Waals surface area contributed by atoms with E-state index in [9.17, 15) is 13.2 Å². The number of nitrogens with zero attached hydrogens (tertiary/aromatic N) is 2. The zero-order valence-corrected chi connectivity index (χ0v) is 9.98. The molecule has 1 fully saturated rings. The Labute approximate surface area is 99.4 Å². The van der Waals surface area contributed by atoms with Gasteiger partial charge in [0.25, 0.3) is 5.91 Å². The van der Waals surface area contributed by atoms with Gasteiger partial charge in [-0.15, -0.1) is 0 Å². The SMILES string of the molecule is Nc1cnccc1C(=O)N1CCS(=O)(=O)CC1. The molecule has 1 saturated heterocycles. The van der Waals surface area contributed by atoms with Crippen LogP contribution in [-0.4, -0.2) is 48.8 Å². The molecule has 2 N–H and O–H groups in total. The van der Waals surface area contributed by atoms with Crippen molar-refractivity contribution in [3.63, 3.8) is 0 Å². The monoisotopic (exact) mass is 255 g/mol. The number of nitrogen functional groups attached to an aromatic ring is 1. The molecule has 0 unspecified atom stereocenters. The summed E-state index contributed by atoms with van der Waals surface area (Å²) in [6.45, 7) is 0.450. The second-order valence-electron chi connectivity index (χ2n) is 3.91. The molecule has 1 aromatic rings. The standard InChI is InChI=1S/C10H13N3O3S/c11-9-7-12-2-1-8(9)10(14)13-3-5-17(15,16)6-4-13/h1-2,7H,3-6,11H2. The molecule has 1 aliphatic rings. The third kappa shape index (κ3) is 2.55. The number of sulfone groups is 1. The van der Waals surface area contributed by atoms with Crippen molar-refractivity contribution < 1.29 is 13.2 Å². The lowest BCUT2D eigenvalue weighted by Crippen LogP contribution is -2.43. The van der Waals surface area contributed by atoms with Gasteiger partial charge in [0, 0.05) is 19.3 Å². The van der Waals surface area contributed by atoms with Crippen molar-refractivity contribution in [2.24, 2.45) is 0 Å². The van der Waals surface area contributed by atoms with Crippen LogP contribution in [-0.2, 0) is 9.84 Å². The van der Waals surface area contributed by atoms with Crippen molar-refractivity contribution in [2.45, 2.75) is 0 Å². The number of aromatic nitrogens is 1. The number of carbonyl (C=O) groups is 1. The first-order valence-corrected chi connectivity index (χ1v) is 7.01. The molecule has 0 bridgehead atoms. The minimum atomic E-state index is -2.98. The highest BCUT2D eigenvalue weighted by molar-refractivity contribution is 7.91. The van der Waals surface area contributed by atoms with Crippen molar-refractivity contribution in [1.29, 1.82) is 0 Å². The Kier molecular flexibility index (Phi) is 3.01. The van der Waals surface area contributed by atoms with Crippen molar-refractivity contribution in [3.8, 4) is 0 Å². The molecule has 17 heavy (non-hydrogen) atoms. The largest absolute Gasteiger partial charge is 0.397 e. The van der Waals surface area contributed by atoms with Crippen LogP contribution in [0.5, 0.6) is 0 Å². The summed E-state index contributed by atoms with van der Waals surface area (Å²) in [6, 6.07) is 1.54. The van der Waals surface area contributed by atoms with E-state index in [-0.39, 0.29) is 30.5 Å². The molecule has 0 aliphatic carbocycles. The summed E-state index contributed by atoms with van der Waals surface area (Å²) < 4.78 is 22.5. The first kappa shape index (κ1) is 11.8. The summed E-state index contributed by atoms with van der Waals surface area (Å²) >= 11 is 0. The van der Waals surface area contributed by atoms with E-state index in [0.717, 1.165) is 0 Å². The Balaban J connectivity index is 2.15. The predicted octanol–water partition coefficient (Wildman–Crippen LogP) is -0.466. The van der Waals surface area contributed by atoms with Crippen LogP contribution in [0.3, 0.4) is 0 Å². The summed E-state index contributed by atoms with van der Waals surface area (Å²) in [7, 11) is -2.98. The number of hydrogen-bond donors (Lipinski definition) is 1. The van der Waals surface area contributed by atoms with E-state index in [1.807, 2.05) is 0 Å². The minimum Gasteiger partial charge on any atom is -0.397 e. The van der Waals surface area contributed by atoms with E-state index in [1.165, 1.54) is 17.3 Å². The molecule has 0 radical (unpaired) electrons. The molecule has 0 saturated carbocycles. The topological polar surface area (TPSA) is 93.4 Å². The van der Waals surface area contributed by atoms with Crippen molar-refractivity contribution in [2.75, 3.05) is 30.3 Å². The molecule has 1 aliphatic heterocycles. The van der Waals surface area contributed by atoms with E-state index in [0.29, 0.717) is 11.3 Å². The van der Waals surface area contributed by atoms with Gasteiger partial charge in [-0.3, -0.25) is 9.78 Å². The molecule has 0 atom stereocenters. The molecule has 0 aromatic carbocycles. The van der Waals surface area contributed by atoms with E-state index >= 15 is 0 Å². The van der Waals surface area contributed by atoms with Gasteiger partial charge in [0.15, 0.2) is 9.84 Å². The third-order valence-corrected chi connectivity index (χ3v) is 4.32. The maximum absolute atomic E-state index is 12.1. The van der Waals surface area contributed by atoms with Gasteiger partial charge in [-0.2, -0.15) is 0 Å². The zero-order valence-electron chi connectivity index (χ0n) is 9.17. The van der Waals surface area contributed by atoms with Crippen molar-refractivity contribution in [3.05, 3.63) is 24.0 Å². The van der Waals surface area contributed by atoms with Gasteiger partial charge < -0.3 is 10.6 Å². The lowest BCUT2D eigenvalue weighted by atomic mass is 10.2. The van der Waals surface area contributed by atoms with Crippen LogP contribution < -0.4 is 5.73 Å². The molecule has 1 aromatic heterocycles. The second-order valence-corrected chi connectivity index (χ2v) is 6.21. The highest BCUT2D eigenvalue weighted by Gasteiger charge is 2.26. The Morgan fingerprint density at radius 1 is 1.35 bits per heavy atom. The van der Waals surface area contributed by atoms with E-state index in [1.54, 1.807) is 6.07 Å². The predicted molar refractivity (Wildman–Crippen MR) is 63.2 cm³/mol. The number of amides is 1. The molecule has 0 spiro atoms. The minimum absolute atomic E-state index is 0.0176. The number of pyridine rings is 1. The maximum atomic E-state index is 12.1. The molecular weight excluding hydrogens is 242 g/mol. The number of nitrogens with two attached hydrogens (primary N) is 1. The van der Waals surface area contributed by atoms with Crippen LogP contribution >= 0.6 is 0 Å². The highest BCUT2D eigenvalue weighted by Crippen LogP contribution is 2.14. The summed E-state index contributed by atoms with van der Waals surface area (Å²) in [5, 5.41) is 0. The first-order chi connectivity index (χ1) is 7.99. The third-order valence-electron chi connectivity index (χ3n) is 2.71. The zero-order chi connectivity index (χ0) is 12.5. The lowest BCUT2D eigenvalue weighted by Gasteiger charge is -2.27. The highest BCUT2D eigenvalue weighted by atomic mass is 32.2. The van der Waals surface area contributed by atoms with Crippen LogP contribution in [0.15, 0.2) is 18.5 Å². The second kappa shape index (κ2) is 4.33. The molecule has 6 nitrogen and oxygen atoms in total. The van der Waals surface area contributed by atoms with Gasteiger partial charge in [0.1, 0.15) is 0 Å². The summed E-state index contributed by atoms with van der Waals surface area (Å²) in [4.78, 5) is 17.4. The van der Waals surface area contributed by atoms with E-state index < -0.39 is 9.84 Å². The Morgan fingerprint density at radius 3 is 2.59 bits per heavy atom. The fraction of sp³-hybridized carbons (Fsp3) is 0.400. The smallest absolute Gasteiger partial charge is 0.256 e. The Hall–Kier alpha value is -1.63. The lowest BCUT2D eigenvalue weighted by molar-refractivity contribution is 0.0771. The number of rotatable bonds is 1. The fourth-order valence-corrected chi connectivity index (χ4v) is 2.89. The molecule has 7 heteroatoms. The molecule has 2 rings (SSSR count). The number of carbonyl (C=O) groups excluding carboxylic acids is 1. The van der Waals surface area contributed by atoms with Crippen LogP contribution in [0, 0.1) is 0 Å². The van der Waals surface area contributed by atoms with Crippen LogP contribution in [0.1, 0.15) is 10.4 Å². The van der Waals surface area contributed by atoms with E-state index in [2.05, 4.69) is 4.98 Å². The van der Waals surface area contributed by atoms with Crippen LogP contribution in [0.2, 0.25) is 0 Å². The Morgan fingerprint density at radius 2 is 2.00 bits per heavy atom. The van der Waals surface area contributed by atoms with Crippen LogP contribution in [0.25, 0.3) is 0 Å². The average Bonchev–Trinajstić information content (AvgIpc) is 2.29. The molecule has 92 valence electrons. The van der Waals surface area contributed by atoms with Crippen molar-refractivity contribution in [1.82, 2.24) is 9.88 Å². The van der Waals surface area contributed by atoms with Gasteiger partial charge in [-0.1, -0.05) is 0 Å². The molecular formula is C10H13N3O3S.